The van der Waals surface area contributed by atoms with Gasteiger partial charge in [-0.05, 0) is 57.4 Å². The van der Waals surface area contributed by atoms with Gasteiger partial charge in [-0.1, -0.05) is 19.8 Å². The normalized spacial score (nSPS) is 40.9. The summed E-state index contributed by atoms with van der Waals surface area (Å²) < 4.78 is 5.78. The largest absolute Gasteiger partial charge is 0.377 e. The number of nitrogens with zero attached hydrogens (tertiary/aromatic N) is 1. The summed E-state index contributed by atoms with van der Waals surface area (Å²) in [5.74, 6) is 0.894. The van der Waals surface area contributed by atoms with Crippen molar-refractivity contribution < 1.29 is 4.74 Å². The Morgan fingerprint density at radius 1 is 1.19 bits per heavy atom. The van der Waals surface area contributed by atoms with Crippen molar-refractivity contribution in [1.82, 2.24) is 10.2 Å². The first kappa shape index (κ1) is 15.8. The van der Waals surface area contributed by atoms with E-state index in [1.165, 1.54) is 58.0 Å². The van der Waals surface area contributed by atoms with Gasteiger partial charge in [0, 0.05) is 31.8 Å². The fraction of sp³-hybridized carbons (Fsp3) is 1.00. The molecule has 1 saturated heterocycles. The zero-order valence-corrected chi connectivity index (χ0v) is 14.2. The Labute approximate surface area is 130 Å². The van der Waals surface area contributed by atoms with Crippen LogP contribution in [0.15, 0.2) is 0 Å². The van der Waals surface area contributed by atoms with Crippen LogP contribution in [-0.4, -0.2) is 49.8 Å². The zero-order chi connectivity index (χ0) is 14.9. The molecule has 3 nitrogen and oxygen atoms in total. The van der Waals surface area contributed by atoms with Crippen molar-refractivity contribution in [3.05, 3.63) is 0 Å². The minimum Gasteiger partial charge on any atom is -0.377 e. The summed E-state index contributed by atoms with van der Waals surface area (Å²) in [4.78, 5) is 2.62. The summed E-state index contributed by atoms with van der Waals surface area (Å²) in [6.07, 6.45) is 10.1. The Bertz CT molecular complexity index is 344. The van der Waals surface area contributed by atoms with E-state index < -0.39 is 0 Å². The molecule has 3 heteroatoms. The third kappa shape index (κ3) is 4.00. The van der Waals surface area contributed by atoms with Crippen LogP contribution in [0.25, 0.3) is 0 Å². The molecule has 1 aliphatic heterocycles. The molecule has 4 atom stereocenters. The molecule has 4 unspecified atom stereocenters. The molecule has 0 aromatic carbocycles. The van der Waals surface area contributed by atoms with E-state index in [2.05, 4.69) is 31.1 Å². The summed E-state index contributed by atoms with van der Waals surface area (Å²) in [5.41, 5.74) is 0.497. The minimum atomic E-state index is 0.407. The number of ether oxygens (including phenoxy) is 1. The number of hydrogen-bond donors (Lipinski definition) is 1. The Morgan fingerprint density at radius 2 is 2.00 bits per heavy atom. The number of nitrogens with one attached hydrogen (secondary N) is 1. The van der Waals surface area contributed by atoms with Crippen LogP contribution in [0.3, 0.4) is 0 Å². The summed E-state index contributed by atoms with van der Waals surface area (Å²) in [7, 11) is 2.33. The highest BCUT2D eigenvalue weighted by Crippen LogP contribution is 2.41. The first-order valence-electron chi connectivity index (χ1n) is 9.13. The van der Waals surface area contributed by atoms with Gasteiger partial charge >= 0.3 is 0 Å². The Kier molecular flexibility index (Phi) is 4.92. The van der Waals surface area contributed by atoms with Crippen LogP contribution in [0.1, 0.15) is 58.8 Å². The monoisotopic (exact) mass is 294 g/mol. The van der Waals surface area contributed by atoms with Gasteiger partial charge in [0.25, 0.3) is 0 Å². The molecule has 2 saturated carbocycles. The highest BCUT2D eigenvalue weighted by Gasteiger charge is 2.39. The Morgan fingerprint density at radius 3 is 2.62 bits per heavy atom. The Balaban J connectivity index is 1.62. The van der Waals surface area contributed by atoms with Crippen molar-refractivity contribution in [3.63, 3.8) is 0 Å². The van der Waals surface area contributed by atoms with E-state index in [1.54, 1.807) is 0 Å². The molecule has 0 aromatic heterocycles. The minimum absolute atomic E-state index is 0.407. The lowest BCUT2D eigenvalue weighted by Crippen LogP contribution is -2.49. The van der Waals surface area contributed by atoms with Crippen LogP contribution in [-0.2, 0) is 4.74 Å². The van der Waals surface area contributed by atoms with Crippen molar-refractivity contribution in [2.24, 2.45) is 11.3 Å². The number of rotatable bonds is 6. The summed E-state index contributed by atoms with van der Waals surface area (Å²) in [6, 6.07) is 1.46. The van der Waals surface area contributed by atoms with Crippen LogP contribution < -0.4 is 5.32 Å². The summed E-state index contributed by atoms with van der Waals surface area (Å²) in [6.45, 7) is 8.11. The van der Waals surface area contributed by atoms with Gasteiger partial charge in [-0.3, -0.25) is 0 Å². The quantitative estimate of drug-likeness (QED) is 0.815. The predicted molar refractivity (Wildman–Crippen MR) is 87.5 cm³/mol. The fourth-order valence-electron chi connectivity index (χ4n) is 4.72. The van der Waals surface area contributed by atoms with E-state index in [0.717, 1.165) is 18.6 Å². The third-order valence-electron chi connectivity index (χ3n) is 6.02. The number of hydrogen-bond acceptors (Lipinski definition) is 3. The molecule has 3 fully saturated rings. The topological polar surface area (TPSA) is 24.5 Å². The first-order valence-corrected chi connectivity index (χ1v) is 9.13. The van der Waals surface area contributed by atoms with Gasteiger partial charge in [0.15, 0.2) is 0 Å². The standard InChI is InChI=1S/C18H34N2O/c1-14-5-4-9-18(11-14,12-19-16-6-7-16)13-20(3)17-8-10-21-15(17)2/h14-17,19H,4-13H2,1-3H3. The van der Waals surface area contributed by atoms with E-state index in [4.69, 9.17) is 4.74 Å². The molecule has 122 valence electrons. The van der Waals surface area contributed by atoms with Crippen molar-refractivity contribution in [3.8, 4) is 0 Å². The molecule has 2 aliphatic carbocycles. The lowest BCUT2D eigenvalue weighted by atomic mass is 9.69. The van der Waals surface area contributed by atoms with Crippen LogP contribution in [0.5, 0.6) is 0 Å². The maximum absolute atomic E-state index is 5.78. The molecular weight excluding hydrogens is 260 g/mol. The van der Waals surface area contributed by atoms with Crippen molar-refractivity contribution in [1.29, 1.82) is 0 Å². The van der Waals surface area contributed by atoms with Gasteiger partial charge in [-0.2, -0.15) is 0 Å². The van der Waals surface area contributed by atoms with E-state index in [0.29, 0.717) is 17.6 Å². The van der Waals surface area contributed by atoms with E-state index in [-0.39, 0.29) is 0 Å². The molecule has 3 aliphatic rings. The molecule has 0 spiro atoms. The maximum atomic E-state index is 5.78. The number of likely N-dealkylation sites (N-methyl/N-ethyl adjacent to an activating group) is 1. The van der Waals surface area contributed by atoms with Gasteiger partial charge in [0.1, 0.15) is 0 Å². The molecule has 0 bridgehead atoms. The molecule has 0 amide bonds. The maximum Gasteiger partial charge on any atom is 0.0702 e. The van der Waals surface area contributed by atoms with E-state index in [1.807, 2.05) is 0 Å². The SMILES string of the molecule is CC1CCCC(CNC2CC2)(CN(C)C2CCOC2C)C1. The molecule has 1 N–H and O–H groups in total. The predicted octanol–water partition coefficient (Wildman–Crippen LogP) is 3.04. The van der Waals surface area contributed by atoms with Crippen molar-refractivity contribution in [2.45, 2.75) is 77.0 Å². The first-order chi connectivity index (χ1) is 10.1. The molecule has 21 heavy (non-hydrogen) atoms. The van der Waals surface area contributed by atoms with E-state index >= 15 is 0 Å². The summed E-state index contributed by atoms with van der Waals surface area (Å²) >= 11 is 0. The zero-order valence-electron chi connectivity index (χ0n) is 14.2. The average Bonchev–Trinajstić information content (AvgIpc) is 3.17. The van der Waals surface area contributed by atoms with Gasteiger partial charge in [-0.15, -0.1) is 0 Å². The van der Waals surface area contributed by atoms with Gasteiger partial charge < -0.3 is 15.0 Å². The Hall–Kier alpha value is -0.120. The van der Waals surface area contributed by atoms with Crippen molar-refractivity contribution in [2.75, 3.05) is 26.7 Å². The molecule has 0 aromatic rings. The second kappa shape index (κ2) is 6.55. The van der Waals surface area contributed by atoms with Crippen LogP contribution >= 0.6 is 0 Å². The average molecular weight is 294 g/mol. The van der Waals surface area contributed by atoms with Gasteiger partial charge in [-0.25, -0.2) is 0 Å². The lowest BCUT2D eigenvalue weighted by Gasteiger charge is -2.44. The highest BCUT2D eigenvalue weighted by atomic mass is 16.5. The molecule has 0 radical (unpaired) electrons. The lowest BCUT2D eigenvalue weighted by molar-refractivity contribution is 0.0412. The van der Waals surface area contributed by atoms with Gasteiger partial charge in [0.05, 0.1) is 6.10 Å². The molecular formula is C18H34N2O. The second-order valence-electron chi connectivity index (χ2n) is 8.20. The van der Waals surface area contributed by atoms with Crippen LogP contribution in [0.2, 0.25) is 0 Å². The van der Waals surface area contributed by atoms with Crippen LogP contribution in [0.4, 0.5) is 0 Å². The highest BCUT2D eigenvalue weighted by molar-refractivity contribution is 4.94. The summed E-state index contributed by atoms with van der Waals surface area (Å²) in [5, 5.41) is 3.84. The smallest absolute Gasteiger partial charge is 0.0702 e. The molecule has 1 heterocycles. The van der Waals surface area contributed by atoms with Crippen molar-refractivity contribution >= 4 is 0 Å². The van der Waals surface area contributed by atoms with Gasteiger partial charge in [0.2, 0.25) is 0 Å². The van der Waals surface area contributed by atoms with E-state index in [9.17, 15) is 0 Å². The second-order valence-corrected chi connectivity index (χ2v) is 8.20. The fourth-order valence-corrected chi connectivity index (χ4v) is 4.72. The molecule has 3 rings (SSSR count). The third-order valence-corrected chi connectivity index (χ3v) is 6.02. The van der Waals surface area contributed by atoms with Crippen LogP contribution in [0, 0.1) is 11.3 Å².